The third kappa shape index (κ3) is 4.91. The number of ether oxygens (including phenoxy) is 2. The average molecular weight is 328 g/mol. The van der Waals surface area contributed by atoms with Gasteiger partial charge in [-0.05, 0) is 36.6 Å². The van der Waals surface area contributed by atoms with E-state index in [0.717, 1.165) is 11.1 Å². The number of hydrogen-bond donors (Lipinski definition) is 2. The first kappa shape index (κ1) is 17.7. The molecule has 5 heteroatoms. The number of benzene rings is 2. The molecule has 1 atom stereocenters. The van der Waals surface area contributed by atoms with Crippen molar-refractivity contribution in [2.75, 3.05) is 20.8 Å². The van der Waals surface area contributed by atoms with Gasteiger partial charge < -0.3 is 20.1 Å². The Morgan fingerprint density at radius 1 is 1.04 bits per heavy atom. The van der Waals surface area contributed by atoms with Crippen molar-refractivity contribution in [2.24, 2.45) is 0 Å². The Morgan fingerprint density at radius 3 is 2.42 bits per heavy atom. The fourth-order valence-electron chi connectivity index (χ4n) is 2.43. The van der Waals surface area contributed by atoms with Gasteiger partial charge in [0.1, 0.15) is 0 Å². The van der Waals surface area contributed by atoms with Crippen molar-refractivity contribution in [3.05, 3.63) is 59.7 Å². The van der Waals surface area contributed by atoms with Crippen molar-refractivity contribution >= 4 is 6.03 Å². The number of nitrogens with one attached hydrogen (secondary N) is 2. The number of hydrogen-bond acceptors (Lipinski definition) is 3. The minimum atomic E-state index is -0.174. The van der Waals surface area contributed by atoms with Crippen LogP contribution in [0.1, 0.15) is 24.1 Å². The van der Waals surface area contributed by atoms with Crippen molar-refractivity contribution < 1.29 is 14.3 Å². The fourth-order valence-corrected chi connectivity index (χ4v) is 2.43. The van der Waals surface area contributed by atoms with Crippen molar-refractivity contribution in [3.63, 3.8) is 0 Å². The van der Waals surface area contributed by atoms with E-state index in [1.807, 2.05) is 55.5 Å². The molecule has 0 aromatic heterocycles. The summed E-state index contributed by atoms with van der Waals surface area (Å²) in [5.74, 6) is 1.39. The molecular formula is C19H24N2O3. The third-order valence-corrected chi connectivity index (χ3v) is 3.79. The number of rotatable bonds is 7. The summed E-state index contributed by atoms with van der Waals surface area (Å²) in [6.07, 6.45) is 0.716. The lowest BCUT2D eigenvalue weighted by molar-refractivity contribution is 0.238. The van der Waals surface area contributed by atoms with E-state index in [0.29, 0.717) is 24.5 Å². The van der Waals surface area contributed by atoms with Gasteiger partial charge in [0.15, 0.2) is 11.5 Å². The Balaban J connectivity index is 1.80. The molecule has 2 rings (SSSR count). The minimum absolute atomic E-state index is 0.0349. The Labute approximate surface area is 143 Å². The van der Waals surface area contributed by atoms with Crippen LogP contribution in [0.25, 0.3) is 0 Å². The van der Waals surface area contributed by atoms with Crippen LogP contribution in [-0.2, 0) is 6.42 Å². The highest BCUT2D eigenvalue weighted by atomic mass is 16.5. The molecule has 24 heavy (non-hydrogen) atoms. The van der Waals surface area contributed by atoms with E-state index in [2.05, 4.69) is 10.6 Å². The van der Waals surface area contributed by atoms with Gasteiger partial charge in [-0.3, -0.25) is 0 Å². The van der Waals surface area contributed by atoms with Crippen LogP contribution in [-0.4, -0.2) is 26.8 Å². The molecule has 0 bridgehead atoms. The van der Waals surface area contributed by atoms with Gasteiger partial charge in [0.2, 0.25) is 0 Å². The molecule has 0 aliphatic heterocycles. The molecular weight excluding hydrogens is 304 g/mol. The topological polar surface area (TPSA) is 59.6 Å². The normalized spacial score (nSPS) is 11.5. The molecule has 128 valence electrons. The first-order chi connectivity index (χ1) is 11.6. The van der Waals surface area contributed by atoms with Crippen LogP contribution in [0.5, 0.6) is 11.5 Å². The van der Waals surface area contributed by atoms with E-state index in [1.165, 1.54) is 0 Å². The van der Waals surface area contributed by atoms with E-state index in [9.17, 15) is 4.79 Å². The molecule has 0 aliphatic rings. The Kier molecular flexibility index (Phi) is 6.49. The number of urea groups is 1. The molecule has 2 amide bonds. The Hall–Kier alpha value is -2.69. The van der Waals surface area contributed by atoms with Crippen LogP contribution < -0.4 is 20.1 Å². The molecule has 0 fully saturated rings. The molecule has 5 nitrogen and oxygen atoms in total. The lowest BCUT2D eigenvalue weighted by Gasteiger charge is -2.15. The highest BCUT2D eigenvalue weighted by Crippen LogP contribution is 2.27. The zero-order valence-corrected chi connectivity index (χ0v) is 14.3. The summed E-state index contributed by atoms with van der Waals surface area (Å²) in [6, 6.07) is 15.4. The number of carbonyl (C=O) groups excluding carboxylic acids is 1. The minimum Gasteiger partial charge on any atom is -0.493 e. The predicted molar refractivity (Wildman–Crippen MR) is 94.6 cm³/mol. The summed E-state index contributed by atoms with van der Waals surface area (Å²) >= 11 is 0. The average Bonchev–Trinajstić information content (AvgIpc) is 2.62. The summed E-state index contributed by atoms with van der Waals surface area (Å²) in [4.78, 5) is 12.0. The van der Waals surface area contributed by atoms with Gasteiger partial charge in [-0.2, -0.15) is 0 Å². The van der Waals surface area contributed by atoms with Crippen LogP contribution in [0.3, 0.4) is 0 Å². The summed E-state index contributed by atoms with van der Waals surface area (Å²) in [6.45, 7) is 2.51. The Bertz CT molecular complexity index is 659. The quantitative estimate of drug-likeness (QED) is 0.820. The maximum absolute atomic E-state index is 12.0. The smallest absolute Gasteiger partial charge is 0.315 e. The molecule has 2 N–H and O–H groups in total. The van der Waals surface area contributed by atoms with Gasteiger partial charge >= 0.3 is 6.03 Å². The van der Waals surface area contributed by atoms with Gasteiger partial charge in [-0.15, -0.1) is 0 Å². The van der Waals surface area contributed by atoms with Crippen LogP contribution in [0.4, 0.5) is 4.79 Å². The van der Waals surface area contributed by atoms with E-state index in [1.54, 1.807) is 14.2 Å². The highest BCUT2D eigenvalue weighted by Gasteiger charge is 2.09. The van der Waals surface area contributed by atoms with Crippen molar-refractivity contribution in [1.82, 2.24) is 10.6 Å². The second kappa shape index (κ2) is 8.82. The zero-order valence-electron chi connectivity index (χ0n) is 14.3. The van der Waals surface area contributed by atoms with E-state index in [-0.39, 0.29) is 12.1 Å². The van der Waals surface area contributed by atoms with Gasteiger partial charge in [-0.1, -0.05) is 36.4 Å². The van der Waals surface area contributed by atoms with E-state index >= 15 is 0 Å². The van der Waals surface area contributed by atoms with Crippen molar-refractivity contribution in [2.45, 2.75) is 19.4 Å². The Morgan fingerprint density at radius 2 is 1.75 bits per heavy atom. The highest BCUT2D eigenvalue weighted by molar-refractivity contribution is 5.74. The molecule has 2 aromatic rings. The fraction of sp³-hybridized carbons (Fsp3) is 0.316. The maximum atomic E-state index is 12.0. The monoisotopic (exact) mass is 328 g/mol. The molecule has 0 aliphatic carbocycles. The van der Waals surface area contributed by atoms with Crippen LogP contribution in [0.15, 0.2) is 48.5 Å². The zero-order chi connectivity index (χ0) is 17.4. The standard InChI is InChI=1S/C19H24N2O3/c1-14(16-7-5-4-6-8-16)21-19(22)20-12-11-15-9-10-17(23-2)18(13-15)24-3/h4-10,13-14H,11-12H2,1-3H3,(H2,20,21,22). The second-order valence-corrected chi connectivity index (χ2v) is 5.47. The maximum Gasteiger partial charge on any atom is 0.315 e. The third-order valence-electron chi connectivity index (χ3n) is 3.79. The van der Waals surface area contributed by atoms with Crippen LogP contribution >= 0.6 is 0 Å². The molecule has 2 aromatic carbocycles. The molecule has 0 heterocycles. The van der Waals surface area contributed by atoms with Crippen LogP contribution in [0.2, 0.25) is 0 Å². The molecule has 0 spiro atoms. The number of carbonyl (C=O) groups is 1. The van der Waals surface area contributed by atoms with Gasteiger partial charge in [0.05, 0.1) is 20.3 Å². The summed E-state index contributed by atoms with van der Waals surface area (Å²) < 4.78 is 10.5. The SMILES string of the molecule is COc1ccc(CCNC(=O)NC(C)c2ccccc2)cc1OC. The predicted octanol–water partition coefficient (Wildman–Crippen LogP) is 3.31. The summed E-state index contributed by atoms with van der Waals surface area (Å²) in [7, 11) is 3.22. The largest absolute Gasteiger partial charge is 0.493 e. The first-order valence-electron chi connectivity index (χ1n) is 7.94. The second-order valence-electron chi connectivity index (χ2n) is 5.47. The van der Waals surface area contributed by atoms with Gasteiger partial charge in [0.25, 0.3) is 0 Å². The molecule has 0 saturated heterocycles. The molecule has 1 unspecified atom stereocenters. The lowest BCUT2D eigenvalue weighted by Crippen LogP contribution is -2.38. The molecule has 0 saturated carbocycles. The summed E-state index contributed by atoms with van der Waals surface area (Å²) in [5.41, 5.74) is 2.15. The van der Waals surface area contributed by atoms with E-state index in [4.69, 9.17) is 9.47 Å². The first-order valence-corrected chi connectivity index (χ1v) is 7.94. The van der Waals surface area contributed by atoms with E-state index < -0.39 is 0 Å². The number of amides is 2. The van der Waals surface area contributed by atoms with Crippen molar-refractivity contribution in [1.29, 1.82) is 0 Å². The van der Waals surface area contributed by atoms with Crippen molar-refractivity contribution in [3.8, 4) is 11.5 Å². The lowest BCUT2D eigenvalue weighted by atomic mass is 10.1. The van der Waals surface area contributed by atoms with Gasteiger partial charge in [0, 0.05) is 6.54 Å². The number of methoxy groups -OCH3 is 2. The van der Waals surface area contributed by atoms with Crippen LogP contribution in [0, 0.1) is 0 Å². The summed E-state index contributed by atoms with van der Waals surface area (Å²) in [5, 5.41) is 5.80. The molecule has 0 radical (unpaired) electrons. The van der Waals surface area contributed by atoms with Gasteiger partial charge in [-0.25, -0.2) is 4.79 Å².